The van der Waals surface area contributed by atoms with Gasteiger partial charge in [0.1, 0.15) is 23.6 Å². The van der Waals surface area contributed by atoms with E-state index < -0.39 is 17.9 Å². The maximum atomic E-state index is 15.2. The van der Waals surface area contributed by atoms with E-state index in [-0.39, 0.29) is 41.1 Å². The molecule has 2 aromatic carbocycles. The van der Waals surface area contributed by atoms with Crippen molar-refractivity contribution < 1.29 is 23.6 Å². The number of imide groups is 1. The highest BCUT2D eigenvalue weighted by molar-refractivity contribution is 6.07. The van der Waals surface area contributed by atoms with E-state index in [2.05, 4.69) is 40.7 Å². The molecular formula is C38H40FN11O4. The van der Waals surface area contributed by atoms with Gasteiger partial charge in [0.05, 0.1) is 28.8 Å². The van der Waals surface area contributed by atoms with Crippen LogP contribution in [0.25, 0.3) is 5.69 Å². The van der Waals surface area contributed by atoms with Crippen LogP contribution in [0.2, 0.25) is 0 Å². The number of pyridine rings is 1. The molecule has 5 N–H and O–H groups in total. The van der Waals surface area contributed by atoms with Crippen LogP contribution in [0.3, 0.4) is 0 Å². The predicted octanol–water partition coefficient (Wildman–Crippen LogP) is 2.88. The van der Waals surface area contributed by atoms with Gasteiger partial charge in [0.15, 0.2) is 5.69 Å². The minimum absolute atomic E-state index is 0.0750. The number of benzene rings is 2. The molecule has 5 heterocycles. The Kier molecular flexibility index (Phi) is 10.5. The van der Waals surface area contributed by atoms with Gasteiger partial charge in [0, 0.05) is 69.8 Å². The summed E-state index contributed by atoms with van der Waals surface area (Å²) in [7, 11) is 0. The van der Waals surface area contributed by atoms with E-state index in [4.69, 9.17) is 11.0 Å². The van der Waals surface area contributed by atoms with Crippen LogP contribution in [0.1, 0.15) is 52.2 Å². The van der Waals surface area contributed by atoms with Gasteiger partial charge >= 0.3 is 0 Å². The van der Waals surface area contributed by atoms with E-state index in [0.717, 1.165) is 64.3 Å². The topological polar surface area (TPSA) is 195 Å². The van der Waals surface area contributed by atoms with Crippen LogP contribution in [-0.2, 0) is 9.59 Å². The molecule has 1 unspecified atom stereocenters. The standard InChI is InChI=1S/C38H40FN11O4/c39-29-19-26(43-31-8-10-34(51)45-38(31)54)2-9-33(29)49-13-11-24(12-14-49)22-47-15-17-48(18-16-47)27-3-5-28(6-4-27)50-23-32(35(46-50)36(41)52)44-37(53)30-7-1-25(20-40)21-42-30/h1-7,9,19,21,23-24,31,43H,8,10-18,22H2,(H2,41,52)(H,44,53)(H,45,51,54). The van der Waals surface area contributed by atoms with Crippen LogP contribution in [-0.4, -0.2) is 95.1 Å². The van der Waals surface area contributed by atoms with Crippen molar-refractivity contribution in [3.05, 3.63) is 89.8 Å². The molecule has 3 aliphatic heterocycles. The van der Waals surface area contributed by atoms with Crippen LogP contribution < -0.4 is 31.5 Å². The molecule has 3 fully saturated rings. The molecule has 54 heavy (non-hydrogen) atoms. The summed E-state index contributed by atoms with van der Waals surface area (Å²) in [4.78, 5) is 59.3. The fourth-order valence-electron chi connectivity index (χ4n) is 7.17. The van der Waals surface area contributed by atoms with Crippen LogP contribution >= 0.6 is 0 Å². The van der Waals surface area contributed by atoms with Crippen LogP contribution in [0.5, 0.6) is 0 Å². The molecule has 3 aliphatic rings. The third-order valence-electron chi connectivity index (χ3n) is 10.2. The Morgan fingerprint density at radius 3 is 2.33 bits per heavy atom. The van der Waals surface area contributed by atoms with Crippen molar-refractivity contribution in [2.75, 3.05) is 66.2 Å². The number of carbonyl (C=O) groups excluding carboxylic acids is 4. The maximum absolute atomic E-state index is 15.2. The lowest BCUT2D eigenvalue weighted by atomic mass is 9.95. The number of nitrogens with zero attached hydrogens (tertiary/aromatic N) is 7. The first kappa shape index (κ1) is 36.0. The Bertz CT molecular complexity index is 2080. The van der Waals surface area contributed by atoms with E-state index in [1.54, 1.807) is 12.1 Å². The summed E-state index contributed by atoms with van der Waals surface area (Å²) in [6.45, 7) is 6.14. The summed E-state index contributed by atoms with van der Waals surface area (Å²) < 4.78 is 16.7. The molecule has 15 nitrogen and oxygen atoms in total. The highest BCUT2D eigenvalue weighted by atomic mass is 19.1. The number of piperidine rings is 2. The number of primary amides is 1. The maximum Gasteiger partial charge on any atom is 0.274 e. The lowest BCUT2D eigenvalue weighted by molar-refractivity contribution is -0.133. The van der Waals surface area contributed by atoms with E-state index in [1.807, 2.05) is 30.3 Å². The van der Waals surface area contributed by atoms with E-state index in [0.29, 0.717) is 35.0 Å². The van der Waals surface area contributed by atoms with Crippen LogP contribution in [0.15, 0.2) is 67.0 Å². The number of nitriles is 1. The summed E-state index contributed by atoms with van der Waals surface area (Å²) in [6, 6.07) is 17.1. The lowest BCUT2D eigenvalue weighted by Gasteiger charge is -2.40. The average molecular weight is 734 g/mol. The van der Waals surface area contributed by atoms with Gasteiger partial charge in [-0.3, -0.25) is 29.4 Å². The van der Waals surface area contributed by atoms with Crippen molar-refractivity contribution >= 4 is 46.4 Å². The summed E-state index contributed by atoms with van der Waals surface area (Å²) >= 11 is 0. The minimum Gasteiger partial charge on any atom is -0.374 e. The number of nitrogens with two attached hydrogens (primary N) is 1. The summed E-state index contributed by atoms with van der Waals surface area (Å²) in [5.74, 6) is -1.84. The second kappa shape index (κ2) is 15.7. The first-order valence-electron chi connectivity index (χ1n) is 17.9. The lowest BCUT2D eigenvalue weighted by Crippen LogP contribution is -2.49. The largest absolute Gasteiger partial charge is 0.374 e. The highest BCUT2D eigenvalue weighted by Crippen LogP contribution is 2.29. The number of hydrogen-bond acceptors (Lipinski definition) is 11. The number of piperazine rings is 1. The smallest absolute Gasteiger partial charge is 0.274 e. The normalized spacial score (nSPS) is 18.2. The number of carbonyl (C=O) groups is 4. The van der Waals surface area contributed by atoms with Crippen molar-refractivity contribution in [1.29, 1.82) is 5.26 Å². The molecule has 16 heteroatoms. The van der Waals surface area contributed by atoms with Gasteiger partial charge in [-0.2, -0.15) is 10.4 Å². The van der Waals surface area contributed by atoms with Crippen molar-refractivity contribution in [2.45, 2.75) is 31.7 Å². The molecule has 4 aromatic rings. The number of nitrogens with one attached hydrogen (secondary N) is 3. The number of amides is 4. The van der Waals surface area contributed by atoms with E-state index >= 15 is 4.39 Å². The highest BCUT2D eigenvalue weighted by Gasteiger charge is 2.28. The molecule has 0 radical (unpaired) electrons. The van der Waals surface area contributed by atoms with E-state index in [1.165, 1.54) is 35.3 Å². The number of hydrogen-bond donors (Lipinski definition) is 4. The van der Waals surface area contributed by atoms with Crippen molar-refractivity contribution in [3.8, 4) is 11.8 Å². The Balaban J connectivity index is 0.878. The van der Waals surface area contributed by atoms with Gasteiger partial charge in [-0.05, 0) is 79.8 Å². The summed E-state index contributed by atoms with van der Waals surface area (Å²) in [6.07, 6.45) is 5.40. The first-order valence-corrected chi connectivity index (χ1v) is 17.9. The Morgan fingerprint density at radius 1 is 0.944 bits per heavy atom. The number of aromatic nitrogens is 3. The molecule has 1 atom stereocenters. The van der Waals surface area contributed by atoms with Crippen molar-refractivity contribution in [3.63, 3.8) is 0 Å². The third-order valence-corrected chi connectivity index (χ3v) is 10.2. The summed E-state index contributed by atoms with van der Waals surface area (Å²) in [5.41, 5.74) is 8.83. The molecule has 0 aliphatic carbocycles. The molecule has 7 rings (SSSR count). The molecule has 0 bridgehead atoms. The fourth-order valence-corrected chi connectivity index (χ4v) is 7.17. The van der Waals surface area contributed by atoms with Crippen molar-refractivity contribution in [1.82, 2.24) is 25.0 Å². The summed E-state index contributed by atoms with van der Waals surface area (Å²) in [5, 5.41) is 21.3. The zero-order chi connectivity index (χ0) is 37.8. The van der Waals surface area contributed by atoms with E-state index in [9.17, 15) is 19.2 Å². The second-order valence-corrected chi connectivity index (χ2v) is 13.7. The van der Waals surface area contributed by atoms with Crippen LogP contribution in [0, 0.1) is 23.1 Å². The van der Waals surface area contributed by atoms with Crippen LogP contribution in [0.4, 0.5) is 27.1 Å². The molecule has 4 amide bonds. The zero-order valence-corrected chi connectivity index (χ0v) is 29.5. The molecule has 278 valence electrons. The number of anilines is 4. The average Bonchev–Trinajstić information content (AvgIpc) is 3.61. The Morgan fingerprint density at radius 2 is 1.69 bits per heavy atom. The minimum atomic E-state index is -0.793. The van der Waals surface area contributed by atoms with Gasteiger partial charge in [0.25, 0.3) is 11.8 Å². The molecule has 3 saturated heterocycles. The molecule has 0 saturated carbocycles. The number of halogens is 1. The number of rotatable bonds is 10. The third kappa shape index (κ3) is 8.16. The van der Waals surface area contributed by atoms with Gasteiger partial charge in [-0.1, -0.05) is 0 Å². The molecule has 0 spiro atoms. The van der Waals surface area contributed by atoms with Gasteiger partial charge in [0.2, 0.25) is 11.8 Å². The zero-order valence-electron chi connectivity index (χ0n) is 29.5. The monoisotopic (exact) mass is 733 g/mol. The second-order valence-electron chi connectivity index (χ2n) is 13.7. The van der Waals surface area contributed by atoms with Gasteiger partial charge in [-0.25, -0.2) is 14.1 Å². The van der Waals surface area contributed by atoms with Gasteiger partial charge < -0.3 is 26.2 Å². The Hall–Kier alpha value is -6.34. The SMILES string of the molecule is N#Cc1ccc(C(=O)Nc2cn(-c3ccc(N4CCN(CC5CCN(c6ccc(NC7CCC(=O)NC7=O)cc6F)CC5)CC4)cc3)nc2C(N)=O)nc1. The van der Waals surface area contributed by atoms with Gasteiger partial charge in [-0.15, -0.1) is 0 Å². The Labute approximate surface area is 310 Å². The molecular weight excluding hydrogens is 693 g/mol. The van der Waals surface area contributed by atoms with Crippen molar-refractivity contribution in [2.24, 2.45) is 11.7 Å². The molecule has 2 aromatic heterocycles. The first-order chi connectivity index (χ1) is 26.1. The fraction of sp³-hybridized carbons (Fsp3) is 0.342. The predicted molar refractivity (Wildman–Crippen MR) is 199 cm³/mol. The quantitative estimate of drug-likeness (QED) is 0.175.